The lowest BCUT2D eigenvalue weighted by atomic mass is 9.59. The van der Waals surface area contributed by atoms with Crippen LogP contribution in [0, 0.1) is 41.4 Å². The van der Waals surface area contributed by atoms with Crippen molar-refractivity contribution in [1.29, 1.82) is 0 Å². The lowest BCUT2D eigenvalue weighted by molar-refractivity contribution is 0.0252. The first-order chi connectivity index (χ1) is 8.00. The summed E-state index contributed by atoms with van der Waals surface area (Å²) in [7, 11) is 0. The highest BCUT2D eigenvalue weighted by Gasteiger charge is 2.40. The second-order valence-electron chi connectivity index (χ2n) is 7.47. The predicted molar refractivity (Wildman–Crippen MR) is 81.6 cm³/mol. The van der Waals surface area contributed by atoms with Gasteiger partial charge in [-0.05, 0) is 60.7 Å². The van der Waals surface area contributed by atoms with Crippen molar-refractivity contribution in [3.63, 3.8) is 0 Å². The molecule has 2 aliphatic carbocycles. The van der Waals surface area contributed by atoms with E-state index >= 15 is 0 Å². The minimum absolute atomic E-state index is 0. The Hall–Kier alpha value is -0.0400. The molecule has 18 heavy (non-hydrogen) atoms. The van der Waals surface area contributed by atoms with Gasteiger partial charge in [0, 0.05) is 1.43 Å². The minimum atomic E-state index is 0. The summed E-state index contributed by atoms with van der Waals surface area (Å²) in [6.07, 6.45) is 7.53. The van der Waals surface area contributed by atoms with Gasteiger partial charge in [-0.1, -0.05) is 47.5 Å². The van der Waals surface area contributed by atoms with Crippen LogP contribution in [0.25, 0.3) is 0 Å². The third-order valence-corrected chi connectivity index (χ3v) is 6.54. The molecule has 0 aromatic heterocycles. The van der Waals surface area contributed by atoms with E-state index in [0.29, 0.717) is 0 Å². The lowest BCUT2D eigenvalue weighted by Crippen LogP contribution is -2.39. The third-order valence-electron chi connectivity index (χ3n) is 6.54. The van der Waals surface area contributed by atoms with Gasteiger partial charge in [0.15, 0.2) is 0 Å². The van der Waals surface area contributed by atoms with E-state index in [0.717, 1.165) is 41.4 Å². The van der Waals surface area contributed by atoms with Gasteiger partial charge in [-0.3, -0.25) is 0 Å². The molecule has 2 N–H and O–H groups in total. The van der Waals surface area contributed by atoms with Crippen molar-refractivity contribution in [3.8, 4) is 0 Å². The lowest BCUT2D eigenvalue weighted by Gasteiger charge is -2.47. The summed E-state index contributed by atoms with van der Waals surface area (Å²) in [6, 6.07) is 0. The van der Waals surface area contributed by atoms with Crippen LogP contribution in [-0.2, 0) is 0 Å². The van der Waals surface area contributed by atoms with Crippen molar-refractivity contribution < 1.29 is 6.90 Å². The van der Waals surface area contributed by atoms with E-state index in [1.165, 1.54) is 32.1 Å². The van der Waals surface area contributed by atoms with Crippen LogP contribution in [0.5, 0.6) is 0 Å². The van der Waals surface area contributed by atoms with Crippen LogP contribution in [0.4, 0.5) is 0 Å². The smallest absolute Gasteiger partial charge is 0 e. The zero-order chi connectivity index (χ0) is 12.6. The third kappa shape index (κ3) is 3.10. The molecule has 1 heteroatoms. The van der Waals surface area contributed by atoms with Gasteiger partial charge in [0.05, 0.1) is 0 Å². The van der Waals surface area contributed by atoms with E-state index in [9.17, 15) is 0 Å². The summed E-state index contributed by atoms with van der Waals surface area (Å²) in [5, 5.41) is 0. The zero-order valence-corrected chi connectivity index (χ0v) is 13.1. The fourth-order valence-corrected chi connectivity index (χ4v) is 4.58. The summed E-state index contributed by atoms with van der Waals surface area (Å²) < 4.78 is 0. The van der Waals surface area contributed by atoms with Crippen LogP contribution in [0.3, 0.4) is 0 Å². The molecular weight excluding hydrogens is 220 g/mol. The summed E-state index contributed by atoms with van der Waals surface area (Å²) in [5.41, 5.74) is 0. The first-order valence-electron chi connectivity index (χ1n) is 8.00. The minimum Gasteiger partial charge on any atom is -0.412 e. The normalized spacial score (nSPS) is 49.5. The maximum absolute atomic E-state index is 2.54. The van der Waals surface area contributed by atoms with Crippen LogP contribution in [0.1, 0.15) is 68.1 Å². The Morgan fingerprint density at radius 3 is 1.83 bits per heavy atom. The highest BCUT2D eigenvalue weighted by molar-refractivity contribution is 4.89. The molecule has 0 saturated heterocycles. The highest BCUT2D eigenvalue weighted by atomic mass is 16.0. The number of hydrogen-bond donors (Lipinski definition) is 0. The molecule has 0 aromatic rings. The Morgan fingerprint density at radius 2 is 1.28 bits per heavy atom. The van der Waals surface area contributed by atoms with Gasteiger partial charge in [-0.25, -0.2) is 0 Å². The van der Waals surface area contributed by atoms with Gasteiger partial charge in [0.2, 0.25) is 0 Å². The van der Waals surface area contributed by atoms with Gasteiger partial charge in [-0.15, -0.1) is 0 Å². The van der Waals surface area contributed by atoms with Gasteiger partial charge in [0.1, 0.15) is 0 Å². The monoisotopic (exact) mass is 256 g/mol. The van der Waals surface area contributed by atoms with Crippen molar-refractivity contribution >= 4 is 0 Å². The quantitative estimate of drug-likeness (QED) is 0.645. The predicted octanol–water partition coefficient (Wildman–Crippen LogP) is 4.80. The molecular formula is C17H36O. The molecule has 5 atom stereocenters. The molecule has 2 rings (SSSR count). The summed E-state index contributed by atoms with van der Waals surface area (Å²) in [4.78, 5) is 0. The summed E-state index contributed by atoms with van der Waals surface area (Å²) in [5.74, 6) is 6.86. The van der Waals surface area contributed by atoms with E-state index in [-0.39, 0.29) is 6.90 Å². The molecule has 0 spiro atoms. The average molecular weight is 256 g/mol. The zero-order valence-electron chi connectivity index (χ0n) is 13.1. The first-order valence-corrected chi connectivity index (χ1v) is 8.00. The molecule has 110 valence electrons. The fourth-order valence-electron chi connectivity index (χ4n) is 4.58. The van der Waals surface area contributed by atoms with Crippen molar-refractivity contribution in [2.45, 2.75) is 66.7 Å². The maximum atomic E-state index is 2.54. The first kappa shape index (κ1) is 16.0. The van der Waals surface area contributed by atoms with Crippen molar-refractivity contribution in [3.05, 3.63) is 0 Å². The molecule has 0 amide bonds. The van der Waals surface area contributed by atoms with E-state index < -0.39 is 0 Å². The molecule has 5 unspecified atom stereocenters. The maximum Gasteiger partial charge on any atom is 0 e. The Morgan fingerprint density at radius 1 is 0.722 bits per heavy atom. The van der Waals surface area contributed by atoms with Gasteiger partial charge in [0.25, 0.3) is 0 Å². The van der Waals surface area contributed by atoms with Crippen LogP contribution in [0.2, 0.25) is 0 Å². The number of hydrogen-bond acceptors (Lipinski definition) is 0. The highest BCUT2D eigenvalue weighted by Crippen LogP contribution is 2.48. The second kappa shape index (κ2) is 6.41. The molecule has 2 saturated carbocycles. The summed E-state index contributed by atoms with van der Waals surface area (Å²) >= 11 is 0. The van der Waals surface area contributed by atoms with Gasteiger partial charge in [-0.2, -0.15) is 0 Å². The van der Waals surface area contributed by atoms with Crippen LogP contribution >= 0.6 is 0 Å². The fraction of sp³-hybridized carbons (Fsp3) is 1.00. The van der Waals surface area contributed by atoms with Crippen molar-refractivity contribution in [2.75, 3.05) is 0 Å². The van der Waals surface area contributed by atoms with Crippen LogP contribution in [0.15, 0.2) is 0 Å². The van der Waals surface area contributed by atoms with Crippen molar-refractivity contribution in [1.82, 2.24) is 0 Å². The summed E-state index contributed by atoms with van der Waals surface area (Å²) in [6.45, 7) is 12.4. The molecule has 0 aromatic carbocycles. The molecule has 2 aliphatic rings. The van der Waals surface area contributed by atoms with E-state index in [4.69, 9.17) is 0 Å². The standard InChI is InChI=1S/C17H32.H2O.H2/c1-11-6-8-16(9-7-11)17-10-12(2)13(3)14(4)15(17)5;;/h11-17H,6-10H2,1-5H3;1H2;1H. The van der Waals surface area contributed by atoms with E-state index in [1.807, 2.05) is 0 Å². The molecule has 1 nitrogen and oxygen atoms in total. The molecule has 0 aliphatic heterocycles. The number of rotatable bonds is 1. The van der Waals surface area contributed by atoms with E-state index in [1.54, 1.807) is 0 Å². The Bertz CT molecular complexity index is 248. The topological polar surface area (TPSA) is 31.5 Å². The van der Waals surface area contributed by atoms with Crippen molar-refractivity contribution in [2.24, 2.45) is 41.4 Å². The van der Waals surface area contributed by atoms with Gasteiger partial charge < -0.3 is 5.48 Å². The van der Waals surface area contributed by atoms with Gasteiger partial charge >= 0.3 is 0 Å². The molecule has 0 radical (unpaired) electrons. The Labute approximate surface area is 116 Å². The van der Waals surface area contributed by atoms with Crippen LogP contribution in [-0.4, -0.2) is 5.48 Å². The average Bonchev–Trinajstić information content (AvgIpc) is 2.32. The Balaban J connectivity index is 0.00000162. The second-order valence-corrected chi connectivity index (χ2v) is 7.47. The Kier molecular flexibility index (Phi) is 5.70. The molecule has 0 bridgehead atoms. The largest absolute Gasteiger partial charge is 0.412 e. The van der Waals surface area contributed by atoms with E-state index in [2.05, 4.69) is 34.6 Å². The SMILES string of the molecule is CC1CCC(C2CC(C)C(C)C(C)C2C)CC1.O.[HH]. The molecule has 0 heterocycles. The van der Waals surface area contributed by atoms with Crippen LogP contribution < -0.4 is 0 Å². The molecule has 2 fully saturated rings.